The van der Waals surface area contributed by atoms with Crippen molar-refractivity contribution in [2.75, 3.05) is 12.5 Å². The lowest BCUT2D eigenvalue weighted by Gasteiger charge is -2.22. The lowest BCUT2D eigenvalue weighted by molar-refractivity contribution is -0.119. The standard InChI is InChI=1S/C21H24N2O3S/c1-21(2,3)20(24)19(27(4,5)25)17(23-12-8-11-22-23)13-18-16-10-7-6-9-15(16)14-26-18/h6-14H,1-5H3/b17-13+. The van der Waals surface area contributed by atoms with Gasteiger partial charge in [-0.15, -0.1) is 0 Å². The number of benzene rings is 1. The Bertz CT molecular complexity index is 1130. The van der Waals surface area contributed by atoms with E-state index in [1.165, 1.54) is 0 Å². The topological polar surface area (TPSA) is 65.1 Å². The number of fused-ring (bicyclic) bond motifs is 1. The van der Waals surface area contributed by atoms with E-state index >= 15 is 0 Å². The van der Waals surface area contributed by atoms with Gasteiger partial charge in [0.15, 0.2) is 5.78 Å². The van der Waals surface area contributed by atoms with Crippen LogP contribution >= 0.6 is 0 Å². The van der Waals surface area contributed by atoms with Gasteiger partial charge in [-0.3, -0.25) is 9.00 Å². The number of aromatic nitrogens is 2. The zero-order valence-corrected chi connectivity index (χ0v) is 17.0. The summed E-state index contributed by atoms with van der Waals surface area (Å²) in [6.07, 6.45) is 9.95. The highest BCUT2D eigenvalue weighted by molar-refractivity contribution is 8.03. The van der Waals surface area contributed by atoms with Crippen LogP contribution in [0.3, 0.4) is 0 Å². The number of hydrogen-bond donors (Lipinski definition) is 0. The minimum absolute atomic E-state index is 0.171. The molecule has 0 saturated heterocycles. The predicted molar refractivity (Wildman–Crippen MR) is 112 cm³/mol. The van der Waals surface area contributed by atoms with Crippen molar-refractivity contribution in [1.29, 1.82) is 0 Å². The van der Waals surface area contributed by atoms with Crippen molar-refractivity contribution in [3.05, 3.63) is 54.7 Å². The lowest BCUT2D eigenvalue weighted by Crippen LogP contribution is -2.35. The third-order valence-electron chi connectivity index (χ3n) is 4.17. The van der Waals surface area contributed by atoms with Crippen LogP contribution in [0.15, 0.2) is 53.4 Å². The first kappa shape index (κ1) is 19.2. The van der Waals surface area contributed by atoms with Crippen molar-refractivity contribution in [2.45, 2.75) is 20.8 Å². The molecule has 0 unspecified atom stereocenters. The van der Waals surface area contributed by atoms with E-state index in [9.17, 15) is 9.00 Å². The molecule has 3 aromatic rings. The van der Waals surface area contributed by atoms with E-state index in [-0.39, 0.29) is 10.6 Å². The molecule has 2 heterocycles. The first-order valence-corrected chi connectivity index (χ1v) is 11.0. The Balaban J connectivity index is 2.32. The number of hydrogen-bond acceptors (Lipinski definition) is 4. The molecule has 0 aliphatic heterocycles. The minimum atomic E-state index is -2.58. The molecule has 0 spiro atoms. The molecular weight excluding hydrogens is 360 g/mol. The van der Waals surface area contributed by atoms with E-state index in [2.05, 4.69) is 5.10 Å². The van der Waals surface area contributed by atoms with Gasteiger partial charge in [-0.25, -0.2) is 4.68 Å². The molecule has 5 nitrogen and oxygen atoms in total. The molecule has 2 aromatic heterocycles. The third kappa shape index (κ3) is 3.90. The van der Waals surface area contributed by atoms with Crippen molar-refractivity contribution < 1.29 is 13.4 Å². The van der Waals surface area contributed by atoms with Gasteiger partial charge in [-0.1, -0.05) is 45.0 Å². The fourth-order valence-electron chi connectivity index (χ4n) is 2.83. The number of allylic oxidation sites excluding steroid dienone is 1. The van der Waals surface area contributed by atoms with Gasteiger partial charge in [-0.05, 0) is 15.6 Å². The number of Topliss-reactive ketones (excluding diaryl/α,β-unsaturated/α-hetero) is 1. The van der Waals surface area contributed by atoms with Crippen molar-refractivity contribution in [1.82, 2.24) is 9.78 Å². The summed E-state index contributed by atoms with van der Waals surface area (Å²) in [5, 5.41) is 6.16. The van der Waals surface area contributed by atoms with Gasteiger partial charge in [0.2, 0.25) is 0 Å². The summed E-state index contributed by atoms with van der Waals surface area (Å²) in [7, 11) is -2.58. The monoisotopic (exact) mass is 384 g/mol. The predicted octanol–water partition coefficient (Wildman–Crippen LogP) is 3.96. The van der Waals surface area contributed by atoms with Crippen LogP contribution in [0, 0.1) is 5.41 Å². The molecule has 0 aliphatic carbocycles. The fourth-order valence-corrected chi connectivity index (χ4v) is 4.24. The maximum atomic E-state index is 13.2. The van der Waals surface area contributed by atoms with Crippen LogP contribution in [0.1, 0.15) is 26.5 Å². The molecule has 3 rings (SSSR count). The normalized spacial score (nSPS) is 13.1. The summed E-state index contributed by atoms with van der Waals surface area (Å²) < 4.78 is 20.4. The molecule has 0 bridgehead atoms. The van der Waals surface area contributed by atoms with Crippen LogP contribution in [0.4, 0.5) is 0 Å². The summed E-state index contributed by atoms with van der Waals surface area (Å²) >= 11 is 0. The fraction of sp³-hybridized carbons (Fsp3) is 0.286. The molecule has 0 radical (unpaired) electrons. The molecule has 1 aromatic carbocycles. The molecule has 0 amide bonds. The van der Waals surface area contributed by atoms with Crippen LogP contribution in [-0.4, -0.2) is 37.1 Å². The first-order valence-electron chi connectivity index (χ1n) is 8.63. The van der Waals surface area contributed by atoms with E-state index in [1.54, 1.807) is 48.0 Å². The van der Waals surface area contributed by atoms with Crippen molar-refractivity contribution >= 4 is 42.7 Å². The highest BCUT2D eigenvalue weighted by atomic mass is 32.2. The van der Waals surface area contributed by atoms with Crippen molar-refractivity contribution in [3.63, 3.8) is 0 Å². The summed E-state index contributed by atoms with van der Waals surface area (Å²) in [5.74, 6) is 0.425. The summed E-state index contributed by atoms with van der Waals surface area (Å²) in [6.45, 7) is 5.47. The highest BCUT2D eigenvalue weighted by Crippen LogP contribution is 2.27. The van der Waals surface area contributed by atoms with Gasteiger partial charge in [0.05, 0.1) is 16.8 Å². The molecule has 27 heavy (non-hydrogen) atoms. The highest BCUT2D eigenvalue weighted by Gasteiger charge is 2.31. The number of nitrogens with zero attached hydrogens (tertiary/aromatic N) is 2. The lowest BCUT2D eigenvalue weighted by atomic mass is 9.88. The Morgan fingerprint density at radius 3 is 2.48 bits per heavy atom. The van der Waals surface area contributed by atoms with Gasteiger partial charge >= 0.3 is 0 Å². The molecule has 0 saturated carbocycles. The number of ketones is 1. The van der Waals surface area contributed by atoms with Crippen molar-refractivity contribution in [3.8, 4) is 0 Å². The van der Waals surface area contributed by atoms with Crippen LogP contribution in [-0.2, 0) is 14.3 Å². The maximum absolute atomic E-state index is 13.2. The Hall–Kier alpha value is -2.60. The Labute approximate surface area is 159 Å². The van der Waals surface area contributed by atoms with Gasteiger partial charge in [-0.2, -0.15) is 5.10 Å². The zero-order chi connectivity index (χ0) is 19.8. The Morgan fingerprint density at radius 1 is 1.19 bits per heavy atom. The van der Waals surface area contributed by atoms with Crippen LogP contribution in [0.25, 0.3) is 22.5 Å². The average molecular weight is 385 g/mol. The molecule has 0 N–H and O–H groups in total. The molecular formula is C21H24N2O3S. The maximum Gasteiger partial charge on any atom is 0.178 e. The molecule has 0 fully saturated rings. The van der Waals surface area contributed by atoms with E-state index in [0.717, 1.165) is 10.8 Å². The smallest absolute Gasteiger partial charge is 0.178 e. The second kappa shape index (κ2) is 6.85. The van der Waals surface area contributed by atoms with E-state index < -0.39 is 14.9 Å². The van der Waals surface area contributed by atoms with Gasteiger partial charge < -0.3 is 4.42 Å². The first-order chi connectivity index (χ1) is 12.6. The minimum Gasteiger partial charge on any atom is -0.464 e. The molecule has 6 heteroatoms. The largest absolute Gasteiger partial charge is 0.464 e. The van der Waals surface area contributed by atoms with E-state index in [1.807, 2.05) is 45.0 Å². The third-order valence-corrected chi connectivity index (χ3v) is 5.55. The summed E-state index contributed by atoms with van der Waals surface area (Å²) in [5.41, 5.74) is -0.211. The zero-order valence-electron chi connectivity index (χ0n) is 16.2. The van der Waals surface area contributed by atoms with Gasteiger partial charge in [0.25, 0.3) is 0 Å². The van der Waals surface area contributed by atoms with Crippen LogP contribution in [0.2, 0.25) is 0 Å². The quantitative estimate of drug-likeness (QED) is 0.504. The van der Waals surface area contributed by atoms with Gasteiger partial charge in [0.1, 0.15) is 5.76 Å². The van der Waals surface area contributed by atoms with Crippen LogP contribution < -0.4 is 0 Å². The Kier molecular flexibility index (Phi) is 4.86. The van der Waals surface area contributed by atoms with E-state index in [4.69, 9.17) is 4.42 Å². The Morgan fingerprint density at radius 2 is 1.89 bits per heavy atom. The van der Waals surface area contributed by atoms with Crippen molar-refractivity contribution in [2.24, 2.45) is 5.41 Å². The summed E-state index contributed by atoms with van der Waals surface area (Å²) in [6, 6.07) is 9.53. The average Bonchev–Trinajstić information content (AvgIpc) is 3.22. The number of furan rings is 1. The number of carbonyl (C=O) groups excluding carboxylic acids is 1. The van der Waals surface area contributed by atoms with Gasteiger partial charge in [0, 0.05) is 47.2 Å². The molecule has 142 valence electrons. The van der Waals surface area contributed by atoms with E-state index in [0.29, 0.717) is 11.5 Å². The number of carbonyl (C=O) groups is 1. The second-order valence-corrected chi connectivity index (χ2v) is 10.7. The SMILES string of the molecule is CC(C)(C)C(=O)C(/C(=C\c1occ2ccccc12)n1cccn1)=S(C)(C)=O. The second-order valence-electron chi connectivity index (χ2n) is 7.81. The van der Waals surface area contributed by atoms with Crippen LogP contribution in [0.5, 0.6) is 0 Å². The molecule has 0 aliphatic rings. The number of rotatable bonds is 4. The summed E-state index contributed by atoms with van der Waals surface area (Å²) in [4.78, 5) is 13.5. The molecule has 0 atom stereocenters.